The SMILES string of the molecule is COC1CCCC1NC(=O)c1ccc(C#CCN)s1. The zero-order valence-electron chi connectivity index (χ0n) is 10.9. The minimum absolute atomic E-state index is 0.0419. The average molecular weight is 278 g/mol. The van der Waals surface area contributed by atoms with Crippen LogP contribution in [0, 0.1) is 11.8 Å². The molecule has 1 aliphatic carbocycles. The summed E-state index contributed by atoms with van der Waals surface area (Å²) in [6.45, 7) is 0.330. The van der Waals surface area contributed by atoms with Crippen molar-refractivity contribution in [2.45, 2.75) is 31.4 Å². The number of amides is 1. The number of hydrogen-bond acceptors (Lipinski definition) is 4. The van der Waals surface area contributed by atoms with Gasteiger partial charge in [0.25, 0.3) is 5.91 Å². The van der Waals surface area contributed by atoms with Gasteiger partial charge in [0, 0.05) is 7.11 Å². The molecular formula is C14H18N2O2S. The van der Waals surface area contributed by atoms with E-state index >= 15 is 0 Å². The zero-order chi connectivity index (χ0) is 13.7. The number of nitrogens with one attached hydrogen (secondary N) is 1. The molecule has 1 aliphatic rings. The van der Waals surface area contributed by atoms with Crippen molar-refractivity contribution < 1.29 is 9.53 Å². The van der Waals surface area contributed by atoms with Gasteiger partial charge in [0.1, 0.15) is 0 Å². The third-order valence-corrected chi connectivity index (χ3v) is 4.21. The molecule has 102 valence electrons. The second-order valence-electron chi connectivity index (χ2n) is 4.45. The Labute approximate surface area is 117 Å². The van der Waals surface area contributed by atoms with Crippen molar-refractivity contribution in [2.24, 2.45) is 5.73 Å². The molecule has 19 heavy (non-hydrogen) atoms. The summed E-state index contributed by atoms with van der Waals surface area (Å²) < 4.78 is 5.37. The molecule has 1 aromatic rings. The number of ether oxygens (including phenoxy) is 1. The van der Waals surface area contributed by atoms with Crippen molar-refractivity contribution in [2.75, 3.05) is 13.7 Å². The molecular weight excluding hydrogens is 260 g/mol. The van der Waals surface area contributed by atoms with E-state index in [1.54, 1.807) is 13.2 Å². The van der Waals surface area contributed by atoms with Gasteiger partial charge in [0.2, 0.25) is 0 Å². The fraction of sp³-hybridized carbons (Fsp3) is 0.500. The lowest BCUT2D eigenvalue weighted by molar-refractivity contribution is 0.0724. The van der Waals surface area contributed by atoms with Gasteiger partial charge in [-0.25, -0.2) is 0 Å². The van der Waals surface area contributed by atoms with Crippen LogP contribution < -0.4 is 11.1 Å². The Morgan fingerprint density at radius 1 is 1.58 bits per heavy atom. The van der Waals surface area contributed by atoms with Gasteiger partial charge in [-0.05, 0) is 31.4 Å². The number of nitrogens with two attached hydrogens (primary N) is 1. The van der Waals surface area contributed by atoms with E-state index in [1.165, 1.54) is 11.3 Å². The molecule has 0 aromatic carbocycles. The van der Waals surface area contributed by atoms with Crippen LogP contribution in [0.15, 0.2) is 12.1 Å². The van der Waals surface area contributed by atoms with Crippen molar-refractivity contribution >= 4 is 17.2 Å². The Bertz CT molecular complexity index is 501. The number of carbonyl (C=O) groups excluding carboxylic acids is 1. The van der Waals surface area contributed by atoms with Gasteiger partial charge in [-0.3, -0.25) is 4.79 Å². The largest absolute Gasteiger partial charge is 0.379 e. The van der Waals surface area contributed by atoms with E-state index in [1.807, 2.05) is 6.07 Å². The maximum atomic E-state index is 12.1. The number of rotatable bonds is 3. The Kier molecular flexibility index (Phi) is 4.97. The average Bonchev–Trinajstić information content (AvgIpc) is 3.04. The fourth-order valence-electron chi connectivity index (χ4n) is 2.28. The number of thiophene rings is 1. The van der Waals surface area contributed by atoms with Crippen LogP contribution in [-0.2, 0) is 4.74 Å². The first-order valence-electron chi connectivity index (χ1n) is 6.37. The summed E-state index contributed by atoms with van der Waals surface area (Å²) in [6.07, 6.45) is 3.23. The smallest absolute Gasteiger partial charge is 0.261 e. The standard InChI is InChI=1S/C14H18N2O2S/c1-18-12-6-2-5-11(12)16-14(17)13-8-7-10(19-13)4-3-9-15/h7-8,11-12H,2,5-6,9,15H2,1H3,(H,16,17). The summed E-state index contributed by atoms with van der Waals surface area (Å²) in [5, 5.41) is 3.04. The minimum atomic E-state index is -0.0419. The summed E-state index contributed by atoms with van der Waals surface area (Å²) in [6, 6.07) is 3.78. The normalized spacial score (nSPS) is 21.8. The molecule has 1 heterocycles. The third kappa shape index (κ3) is 3.57. The molecule has 1 amide bonds. The lowest BCUT2D eigenvalue weighted by Crippen LogP contribution is -2.40. The van der Waals surface area contributed by atoms with Gasteiger partial charge in [-0.2, -0.15) is 0 Å². The van der Waals surface area contributed by atoms with Crippen molar-refractivity contribution in [3.63, 3.8) is 0 Å². The maximum absolute atomic E-state index is 12.1. The van der Waals surface area contributed by atoms with Crippen LogP contribution in [0.4, 0.5) is 0 Å². The monoisotopic (exact) mass is 278 g/mol. The summed E-state index contributed by atoms with van der Waals surface area (Å²) in [5.41, 5.74) is 5.32. The van der Waals surface area contributed by atoms with Crippen molar-refractivity contribution in [1.82, 2.24) is 5.32 Å². The van der Waals surface area contributed by atoms with Crippen LogP contribution in [-0.4, -0.2) is 31.7 Å². The topological polar surface area (TPSA) is 64.3 Å². The Balaban J connectivity index is 1.98. The molecule has 2 unspecified atom stereocenters. The second-order valence-corrected chi connectivity index (χ2v) is 5.54. The molecule has 3 N–H and O–H groups in total. The molecule has 1 saturated carbocycles. The van der Waals surface area contributed by atoms with Gasteiger partial charge in [0.05, 0.1) is 28.4 Å². The third-order valence-electron chi connectivity index (χ3n) is 3.22. The summed E-state index contributed by atoms with van der Waals surface area (Å²) in [4.78, 5) is 13.7. The molecule has 0 radical (unpaired) electrons. The summed E-state index contributed by atoms with van der Waals surface area (Å²) in [5.74, 6) is 5.67. The van der Waals surface area contributed by atoms with E-state index in [2.05, 4.69) is 17.2 Å². The molecule has 2 atom stereocenters. The summed E-state index contributed by atoms with van der Waals surface area (Å²) in [7, 11) is 1.70. The first-order chi connectivity index (χ1) is 9.24. The van der Waals surface area contributed by atoms with Crippen molar-refractivity contribution in [3.8, 4) is 11.8 Å². The molecule has 0 saturated heterocycles. The predicted molar refractivity (Wildman–Crippen MR) is 76.2 cm³/mol. The molecule has 5 heteroatoms. The van der Waals surface area contributed by atoms with Gasteiger partial charge in [0.15, 0.2) is 0 Å². The van der Waals surface area contributed by atoms with Crippen molar-refractivity contribution in [1.29, 1.82) is 0 Å². The first-order valence-corrected chi connectivity index (χ1v) is 7.18. The fourth-order valence-corrected chi connectivity index (χ4v) is 3.06. The lowest BCUT2D eigenvalue weighted by Gasteiger charge is -2.19. The highest BCUT2D eigenvalue weighted by Gasteiger charge is 2.28. The number of hydrogen-bond donors (Lipinski definition) is 2. The second kappa shape index (κ2) is 6.71. The van der Waals surface area contributed by atoms with Gasteiger partial charge < -0.3 is 15.8 Å². The molecule has 0 spiro atoms. The molecule has 1 fully saturated rings. The van der Waals surface area contributed by atoms with Crippen LogP contribution in [0.25, 0.3) is 0 Å². The first kappa shape index (κ1) is 14.1. The van der Waals surface area contributed by atoms with E-state index in [9.17, 15) is 4.79 Å². The van der Waals surface area contributed by atoms with Crippen LogP contribution in [0.5, 0.6) is 0 Å². The van der Waals surface area contributed by atoms with Gasteiger partial charge >= 0.3 is 0 Å². The molecule has 4 nitrogen and oxygen atoms in total. The van der Waals surface area contributed by atoms with E-state index in [0.29, 0.717) is 11.4 Å². The molecule has 0 aliphatic heterocycles. The van der Waals surface area contributed by atoms with E-state index < -0.39 is 0 Å². The van der Waals surface area contributed by atoms with Crippen molar-refractivity contribution in [3.05, 3.63) is 21.9 Å². The zero-order valence-corrected chi connectivity index (χ0v) is 11.8. The number of carbonyl (C=O) groups is 1. The Hall–Kier alpha value is -1.35. The molecule has 0 bridgehead atoms. The highest BCUT2D eigenvalue weighted by atomic mass is 32.1. The highest BCUT2D eigenvalue weighted by molar-refractivity contribution is 7.14. The van der Waals surface area contributed by atoms with Crippen LogP contribution in [0.1, 0.15) is 33.8 Å². The van der Waals surface area contributed by atoms with Gasteiger partial charge in [-0.1, -0.05) is 11.8 Å². The number of methoxy groups -OCH3 is 1. The molecule has 2 rings (SSSR count). The quantitative estimate of drug-likeness (QED) is 0.820. The van der Waals surface area contributed by atoms with Crippen LogP contribution in [0.2, 0.25) is 0 Å². The summed E-state index contributed by atoms with van der Waals surface area (Å²) >= 11 is 1.39. The lowest BCUT2D eigenvalue weighted by atomic mass is 10.2. The van der Waals surface area contributed by atoms with E-state index in [-0.39, 0.29) is 18.1 Å². The minimum Gasteiger partial charge on any atom is -0.379 e. The van der Waals surface area contributed by atoms with Gasteiger partial charge in [-0.15, -0.1) is 11.3 Å². The maximum Gasteiger partial charge on any atom is 0.261 e. The molecule has 1 aromatic heterocycles. The van der Waals surface area contributed by atoms with E-state index in [4.69, 9.17) is 10.5 Å². The van der Waals surface area contributed by atoms with Crippen LogP contribution >= 0.6 is 11.3 Å². The van der Waals surface area contributed by atoms with E-state index in [0.717, 1.165) is 24.1 Å². The predicted octanol–water partition coefficient (Wildman–Crippen LogP) is 1.36. The van der Waals surface area contributed by atoms with Crippen LogP contribution in [0.3, 0.4) is 0 Å². The Morgan fingerprint density at radius 2 is 2.42 bits per heavy atom. The Morgan fingerprint density at radius 3 is 3.16 bits per heavy atom. The highest BCUT2D eigenvalue weighted by Crippen LogP contribution is 2.23.